The van der Waals surface area contributed by atoms with Crippen molar-refractivity contribution in [2.75, 3.05) is 24.3 Å². The van der Waals surface area contributed by atoms with Crippen LogP contribution in [0, 0.1) is 17.5 Å². The average Bonchev–Trinajstić information content (AvgIpc) is 3.41. The Labute approximate surface area is 259 Å². The van der Waals surface area contributed by atoms with E-state index in [1.807, 2.05) is 0 Å². The van der Waals surface area contributed by atoms with Gasteiger partial charge in [0.2, 0.25) is 5.43 Å². The van der Waals surface area contributed by atoms with E-state index in [4.69, 9.17) is 10.6 Å². The molecule has 0 unspecified atom stereocenters. The molecule has 0 spiro atoms. The number of thiazole rings is 1. The van der Waals surface area contributed by atoms with Crippen LogP contribution in [0.25, 0.3) is 10.1 Å². The van der Waals surface area contributed by atoms with E-state index in [0.717, 1.165) is 28.0 Å². The van der Waals surface area contributed by atoms with Crippen molar-refractivity contribution in [2.24, 2.45) is 5.16 Å². The highest BCUT2D eigenvalue weighted by Gasteiger charge is 2.54. The van der Waals surface area contributed by atoms with E-state index in [9.17, 15) is 47.4 Å². The van der Waals surface area contributed by atoms with Gasteiger partial charge in [-0.25, -0.2) is 27.7 Å². The van der Waals surface area contributed by atoms with Crippen molar-refractivity contribution in [3.05, 3.63) is 61.6 Å². The quantitative estimate of drug-likeness (QED) is 0.0842. The van der Waals surface area contributed by atoms with E-state index in [-0.39, 0.29) is 37.8 Å². The number of carbonyl (C=O) groups is 4. The molecular weight excluding hydrogens is 672 g/mol. The molecule has 4 heterocycles. The zero-order valence-corrected chi connectivity index (χ0v) is 25.0. The number of anilines is 1. The van der Waals surface area contributed by atoms with Gasteiger partial charge in [0.05, 0.1) is 8.91 Å². The van der Waals surface area contributed by atoms with Crippen LogP contribution in [-0.4, -0.2) is 79.6 Å². The fourth-order valence-corrected chi connectivity index (χ4v) is 8.81. The molecule has 20 heteroatoms. The van der Waals surface area contributed by atoms with E-state index >= 15 is 0 Å². The lowest BCUT2D eigenvalue weighted by Gasteiger charge is -2.49. The van der Waals surface area contributed by atoms with Crippen LogP contribution in [0.2, 0.25) is 0 Å². The van der Waals surface area contributed by atoms with E-state index < -0.39 is 79.4 Å². The second-order valence-corrected chi connectivity index (χ2v) is 13.1. The van der Waals surface area contributed by atoms with Crippen LogP contribution in [0.15, 0.2) is 36.9 Å². The first-order valence-corrected chi connectivity index (χ1v) is 15.6. The highest BCUT2D eigenvalue weighted by atomic mass is 32.2. The Morgan fingerprint density at radius 1 is 1.23 bits per heavy atom. The summed E-state index contributed by atoms with van der Waals surface area (Å²) in [5, 5.41) is 25.9. The summed E-state index contributed by atoms with van der Waals surface area (Å²) in [4.78, 5) is 72.6. The Hall–Kier alpha value is -4.14. The van der Waals surface area contributed by atoms with Gasteiger partial charge < -0.3 is 26.1 Å². The molecule has 44 heavy (non-hydrogen) atoms. The van der Waals surface area contributed by atoms with Gasteiger partial charge in [0, 0.05) is 22.3 Å². The average molecular weight is 688 g/mol. The lowest BCUT2D eigenvalue weighted by atomic mass is 10.0. The van der Waals surface area contributed by atoms with Crippen LogP contribution < -0.4 is 16.5 Å². The van der Waals surface area contributed by atoms with Gasteiger partial charge in [-0.05, 0) is 11.6 Å². The van der Waals surface area contributed by atoms with E-state index in [2.05, 4.69) is 15.5 Å². The summed E-state index contributed by atoms with van der Waals surface area (Å²) in [7, 11) is 1.20. The standard InChI is InChI=1S/C24H16F3N5O8S4/c1-40-31-13(9-5-43-24(28)29-9)18(34)30-14-19(35)32-15(22(38)39)6(3-41-20(14)32)4-42-23-10(21(36)37)16(33)7-2-8(25)11(26)12(27)17(7)44-23/h2,5,14,20H,3-4H2,1H3,(H2,28,29)(H,30,34)(H,36,37)(H,38,39)/b31-13+/t14-,20-/m1/s1. The number of fused-ring (bicyclic) bond motifs is 2. The maximum absolute atomic E-state index is 14.5. The van der Waals surface area contributed by atoms with Crippen LogP contribution in [0.1, 0.15) is 16.1 Å². The van der Waals surface area contributed by atoms with Crippen molar-refractivity contribution in [1.29, 1.82) is 0 Å². The number of aromatic nitrogens is 1. The van der Waals surface area contributed by atoms with Crippen LogP contribution in [0.3, 0.4) is 0 Å². The number of thioether (sulfide) groups is 2. The number of halogens is 3. The molecule has 0 saturated carbocycles. The molecule has 0 aliphatic carbocycles. The largest absolute Gasteiger partial charge is 0.477 e. The van der Waals surface area contributed by atoms with Gasteiger partial charge in [0.25, 0.3) is 11.8 Å². The number of nitrogens with one attached hydrogen (secondary N) is 1. The predicted molar refractivity (Wildman–Crippen MR) is 155 cm³/mol. The number of carboxylic acid groups (broad SMARTS) is 2. The van der Waals surface area contributed by atoms with Gasteiger partial charge in [-0.3, -0.25) is 19.3 Å². The molecule has 3 aromatic rings. The fourth-order valence-electron chi connectivity index (χ4n) is 4.35. The first kappa shape index (κ1) is 31.3. The Balaban J connectivity index is 1.41. The Morgan fingerprint density at radius 3 is 2.57 bits per heavy atom. The molecule has 0 bridgehead atoms. The van der Waals surface area contributed by atoms with Gasteiger partial charge in [0.1, 0.15) is 35.5 Å². The number of carboxylic acids is 2. The normalized spacial score (nSPS) is 18.2. The summed E-state index contributed by atoms with van der Waals surface area (Å²) in [6.07, 6.45) is 0. The summed E-state index contributed by atoms with van der Waals surface area (Å²) in [6, 6.07) is -0.728. The number of benzene rings is 1. The van der Waals surface area contributed by atoms with Crippen molar-refractivity contribution >= 4 is 90.9 Å². The molecule has 2 atom stereocenters. The monoisotopic (exact) mass is 687 g/mol. The first-order chi connectivity index (χ1) is 20.8. The lowest BCUT2D eigenvalue weighted by Crippen LogP contribution is -2.71. The second kappa shape index (κ2) is 12.1. The molecule has 2 amide bonds. The SMILES string of the molecule is CO/N=C(/C(=O)N[C@@H]1C(=O)N2C(C(=O)O)=C(CSc3sc4c(F)c(F)c(F)cc4c(=O)c3C(=O)O)CS[C@H]12)c1csc(N)n1. The Bertz CT molecular complexity index is 1890. The number of hydrogen-bond donors (Lipinski definition) is 4. The minimum Gasteiger partial charge on any atom is -0.477 e. The molecule has 230 valence electrons. The van der Waals surface area contributed by atoms with Crippen LogP contribution in [0.5, 0.6) is 0 Å². The predicted octanol–water partition coefficient (Wildman–Crippen LogP) is 2.30. The van der Waals surface area contributed by atoms with Crippen molar-refractivity contribution in [1.82, 2.24) is 15.2 Å². The van der Waals surface area contributed by atoms with Crippen molar-refractivity contribution in [3.63, 3.8) is 0 Å². The third-order valence-corrected chi connectivity index (χ3v) is 10.8. The van der Waals surface area contributed by atoms with Gasteiger partial charge in [0.15, 0.2) is 28.3 Å². The van der Waals surface area contributed by atoms with E-state index in [1.54, 1.807) is 0 Å². The van der Waals surface area contributed by atoms with Gasteiger partial charge in [-0.1, -0.05) is 5.16 Å². The Morgan fingerprint density at radius 2 is 1.95 bits per heavy atom. The number of oxime groups is 1. The maximum atomic E-state index is 14.5. The minimum atomic E-state index is -1.84. The number of nitrogen functional groups attached to an aromatic ring is 1. The third-order valence-electron chi connectivity index (χ3n) is 6.28. The number of carbonyl (C=O) groups excluding carboxylic acids is 2. The molecule has 2 aliphatic rings. The topological polar surface area (TPSA) is 202 Å². The summed E-state index contributed by atoms with van der Waals surface area (Å²) in [6.45, 7) is 0. The number of amides is 2. The first-order valence-electron chi connectivity index (χ1n) is 11.9. The molecule has 13 nitrogen and oxygen atoms in total. The van der Waals surface area contributed by atoms with Gasteiger partial charge in [-0.15, -0.1) is 46.2 Å². The lowest BCUT2D eigenvalue weighted by molar-refractivity contribution is -0.150. The third kappa shape index (κ3) is 5.37. The molecule has 5 N–H and O–H groups in total. The molecule has 1 aromatic carbocycles. The van der Waals surface area contributed by atoms with Crippen LogP contribution in [-0.2, 0) is 19.2 Å². The number of nitrogens with two attached hydrogens (primary N) is 1. The summed E-state index contributed by atoms with van der Waals surface area (Å²) < 4.78 is 41.2. The molecule has 5 rings (SSSR count). The van der Waals surface area contributed by atoms with Crippen LogP contribution in [0.4, 0.5) is 18.3 Å². The van der Waals surface area contributed by atoms with Crippen molar-refractivity contribution in [3.8, 4) is 0 Å². The molecule has 2 aliphatic heterocycles. The maximum Gasteiger partial charge on any atom is 0.352 e. The Kier molecular flexibility index (Phi) is 8.60. The minimum absolute atomic E-state index is 0.0101. The van der Waals surface area contributed by atoms with Crippen molar-refractivity contribution < 1.29 is 47.4 Å². The molecule has 1 fully saturated rings. The molecule has 2 aromatic heterocycles. The molecule has 0 radical (unpaired) electrons. The number of aromatic carboxylic acids is 1. The number of hydrogen-bond acceptors (Lipinski definition) is 13. The zero-order valence-electron chi connectivity index (χ0n) is 21.8. The smallest absolute Gasteiger partial charge is 0.352 e. The van der Waals surface area contributed by atoms with Crippen molar-refractivity contribution in [2.45, 2.75) is 15.6 Å². The summed E-state index contributed by atoms with van der Waals surface area (Å²) in [5.41, 5.74) is 3.12. The molecule has 1 saturated heterocycles. The highest BCUT2D eigenvalue weighted by Crippen LogP contribution is 2.43. The number of nitrogens with zero attached hydrogens (tertiary/aromatic N) is 3. The summed E-state index contributed by atoms with van der Waals surface area (Å²) >= 11 is 3.21. The van der Waals surface area contributed by atoms with Gasteiger partial charge >= 0.3 is 11.9 Å². The zero-order chi connectivity index (χ0) is 32.0. The highest BCUT2D eigenvalue weighted by molar-refractivity contribution is 8.02. The van der Waals surface area contributed by atoms with E-state index in [0.29, 0.717) is 29.2 Å². The second-order valence-electron chi connectivity index (χ2n) is 8.86. The van der Waals surface area contributed by atoms with Crippen LogP contribution >= 0.6 is 46.2 Å². The summed E-state index contributed by atoms with van der Waals surface area (Å²) in [5.74, 6) is -10.2. The molecular formula is C24H16F3N5O8S4. The number of aliphatic carboxylic acids is 1. The number of β-lactam (4-membered cyclic amide) rings is 1. The van der Waals surface area contributed by atoms with E-state index in [1.165, 1.54) is 12.5 Å². The van der Waals surface area contributed by atoms with Gasteiger partial charge in [-0.2, -0.15) is 0 Å². The fraction of sp³-hybridized carbons (Fsp3) is 0.208. The number of rotatable bonds is 9.